The number of aliphatic carboxylic acids is 1. The predicted molar refractivity (Wildman–Crippen MR) is 83.8 cm³/mol. The third kappa shape index (κ3) is 2.98. The molecule has 1 aliphatic heterocycles. The van der Waals surface area contributed by atoms with Crippen molar-refractivity contribution in [2.24, 2.45) is 11.8 Å². The minimum Gasteiger partial charge on any atom is -0.480 e. The number of hydrogen-bond acceptors (Lipinski definition) is 2. The van der Waals surface area contributed by atoms with Gasteiger partial charge in [0.2, 0.25) is 5.91 Å². The van der Waals surface area contributed by atoms with Crippen molar-refractivity contribution in [2.45, 2.75) is 38.1 Å². The van der Waals surface area contributed by atoms with E-state index in [-0.39, 0.29) is 17.7 Å². The lowest BCUT2D eigenvalue weighted by Gasteiger charge is -2.36. The molecule has 0 bridgehead atoms. The van der Waals surface area contributed by atoms with Gasteiger partial charge in [-0.2, -0.15) is 0 Å². The van der Waals surface area contributed by atoms with E-state index >= 15 is 0 Å². The molecule has 118 valence electrons. The molecule has 1 N–H and O–H groups in total. The zero-order valence-corrected chi connectivity index (χ0v) is 13.3. The van der Waals surface area contributed by atoms with Crippen molar-refractivity contribution >= 4 is 23.5 Å². The zero-order chi connectivity index (χ0) is 15.9. The van der Waals surface area contributed by atoms with Crippen LogP contribution in [0.2, 0.25) is 5.02 Å². The summed E-state index contributed by atoms with van der Waals surface area (Å²) in [5, 5.41) is 10.1. The van der Waals surface area contributed by atoms with Gasteiger partial charge in [-0.1, -0.05) is 30.7 Å². The Morgan fingerprint density at radius 3 is 2.77 bits per heavy atom. The van der Waals surface area contributed by atoms with E-state index in [0.717, 1.165) is 18.4 Å². The van der Waals surface area contributed by atoms with Crippen molar-refractivity contribution < 1.29 is 14.7 Å². The largest absolute Gasteiger partial charge is 0.480 e. The molecule has 1 aliphatic carbocycles. The van der Waals surface area contributed by atoms with Gasteiger partial charge in [-0.25, -0.2) is 4.79 Å². The van der Waals surface area contributed by atoms with E-state index in [2.05, 4.69) is 0 Å². The lowest BCUT2D eigenvalue weighted by molar-refractivity contribution is -0.153. The molecular weight excluding hydrogens is 302 g/mol. The third-order valence-electron chi connectivity index (χ3n) is 4.82. The number of nitrogens with zero attached hydrogens (tertiary/aromatic N) is 1. The maximum Gasteiger partial charge on any atom is 0.326 e. The van der Waals surface area contributed by atoms with Crippen LogP contribution in [0.1, 0.15) is 37.7 Å². The molecule has 4 unspecified atom stereocenters. The van der Waals surface area contributed by atoms with Crippen LogP contribution >= 0.6 is 11.6 Å². The summed E-state index contributed by atoms with van der Waals surface area (Å²) in [6.45, 7) is 2.60. The molecule has 1 saturated heterocycles. The molecule has 2 aliphatic rings. The number of likely N-dealkylation sites (tertiary alicyclic amines) is 1. The maximum atomic E-state index is 12.7. The molecule has 5 heteroatoms. The van der Waals surface area contributed by atoms with Gasteiger partial charge >= 0.3 is 5.97 Å². The molecule has 1 heterocycles. The van der Waals surface area contributed by atoms with Crippen LogP contribution in [0.3, 0.4) is 0 Å². The van der Waals surface area contributed by atoms with Gasteiger partial charge in [0.15, 0.2) is 0 Å². The number of carbonyl (C=O) groups excluding carboxylic acids is 1. The molecule has 1 saturated carbocycles. The van der Waals surface area contributed by atoms with Crippen LogP contribution in [0.25, 0.3) is 0 Å². The van der Waals surface area contributed by atoms with Crippen LogP contribution < -0.4 is 0 Å². The molecule has 0 spiro atoms. The summed E-state index contributed by atoms with van der Waals surface area (Å²) in [7, 11) is 0. The van der Waals surface area contributed by atoms with E-state index in [1.54, 1.807) is 4.90 Å². The predicted octanol–water partition coefficient (Wildman–Crippen LogP) is 3.16. The fraction of sp³-hybridized carbons (Fsp3) is 0.529. The van der Waals surface area contributed by atoms with Gasteiger partial charge in [0.25, 0.3) is 0 Å². The van der Waals surface area contributed by atoms with Crippen LogP contribution in [-0.4, -0.2) is 34.5 Å². The highest BCUT2D eigenvalue weighted by atomic mass is 35.5. The van der Waals surface area contributed by atoms with Gasteiger partial charge in [-0.3, -0.25) is 4.79 Å². The van der Waals surface area contributed by atoms with Crippen molar-refractivity contribution in [1.82, 2.24) is 4.90 Å². The van der Waals surface area contributed by atoms with Crippen LogP contribution in [0, 0.1) is 11.8 Å². The number of rotatable bonds is 3. The lowest BCUT2D eigenvalue weighted by Crippen LogP contribution is -2.50. The van der Waals surface area contributed by atoms with Crippen molar-refractivity contribution in [3.05, 3.63) is 34.9 Å². The van der Waals surface area contributed by atoms with Crippen LogP contribution in [0.4, 0.5) is 0 Å². The maximum absolute atomic E-state index is 12.7. The Morgan fingerprint density at radius 1 is 1.32 bits per heavy atom. The number of benzene rings is 1. The standard InChI is InChI=1S/C17H20ClNO3/c1-10-5-6-19(15(7-10)17(21)22)16(20)14-9-13(14)11-3-2-4-12(18)8-11/h2-4,8,10,13-15H,5-7,9H2,1H3,(H,21,22). The van der Waals surface area contributed by atoms with Crippen molar-refractivity contribution in [3.63, 3.8) is 0 Å². The average Bonchev–Trinajstić information content (AvgIpc) is 3.27. The number of carboxylic acid groups (broad SMARTS) is 1. The Morgan fingerprint density at radius 2 is 2.09 bits per heavy atom. The summed E-state index contributed by atoms with van der Waals surface area (Å²) >= 11 is 6.00. The van der Waals surface area contributed by atoms with E-state index in [1.807, 2.05) is 31.2 Å². The zero-order valence-electron chi connectivity index (χ0n) is 12.5. The summed E-state index contributed by atoms with van der Waals surface area (Å²) in [5.74, 6) is -0.453. The lowest BCUT2D eigenvalue weighted by atomic mass is 9.92. The number of halogens is 1. The molecule has 1 aromatic rings. The van der Waals surface area contributed by atoms with Crippen LogP contribution in [0.15, 0.2) is 24.3 Å². The molecule has 4 atom stereocenters. The van der Waals surface area contributed by atoms with Gasteiger partial charge in [-0.05, 0) is 48.8 Å². The average molecular weight is 322 g/mol. The summed E-state index contributed by atoms with van der Waals surface area (Å²) in [6, 6.07) is 6.91. The first-order valence-electron chi connectivity index (χ1n) is 7.76. The number of piperidine rings is 1. The number of amides is 1. The third-order valence-corrected chi connectivity index (χ3v) is 5.05. The molecule has 0 aromatic heterocycles. The summed E-state index contributed by atoms with van der Waals surface area (Å²) < 4.78 is 0. The smallest absolute Gasteiger partial charge is 0.326 e. The van der Waals surface area contributed by atoms with Crippen LogP contribution in [0.5, 0.6) is 0 Å². The second-order valence-corrected chi connectivity index (χ2v) is 6.96. The van der Waals surface area contributed by atoms with Crippen LogP contribution in [-0.2, 0) is 9.59 Å². The van der Waals surface area contributed by atoms with E-state index in [9.17, 15) is 14.7 Å². The van der Waals surface area contributed by atoms with E-state index in [4.69, 9.17) is 11.6 Å². The molecular formula is C17H20ClNO3. The van der Waals surface area contributed by atoms with Crippen molar-refractivity contribution in [2.75, 3.05) is 6.54 Å². The Balaban J connectivity index is 1.71. The minimum absolute atomic E-state index is 0.00993. The van der Waals surface area contributed by atoms with Gasteiger partial charge in [0, 0.05) is 17.5 Å². The number of carbonyl (C=O) groups is 2. The molecule has 0 radical (unpaired) electrons. The normalized spacial score (nSPS) is 30.9. The second-order valence-electron chi connectivity index (χ2n) is 6.52. The topological polar surface area (TPSA) is 57.6 Å². The number of hydrogen-bond donors (Lipinski definition) is 1. The summed E-state index contributed by atoms with van der Waals surface area (Å²) in [6.07, 6.45) is 2.22. The Labute approximate surface area is 135 Å². The molecule has 22 heavy (non-hydrogen) atoms. The van der Waals surface area contributed by atoms with Gasteiger partial charge < -0.3 is 10.0 Å². The monoisotopic (exact) mass is 321 g/mol. The Hall–Kier alpha value is -1.55. The molecule has 2 fully saturated rings. The van der Waals surface area contributed by atoms with Crippen molar-refractivity contribution in [3.8, 4) is 0 Å². The highest BCUT2D eigenvalue weighted by Gasteiger charge is 2.48. The quantitative estimate of drug-likeness (QED) is 0.930. The van der Waals surface area contributed by atoms with Gasteiger partial charge in [-0.15, -0.1) is 0 Å². The second kappa shape index (κ2) is 5.92. The Kier molecular flexibility index (Phi) is 4.13. The number of carboxylic acids is 1. The molecule has 1 aromatic carbocycles. The first-order valence-corrected chi connectivity index (χ1v) is 8.14. The van der Waals surface area contributed by atoms with E-state index < -0.39 is 12.0 Å². The van der Waals surface area contributed by atoms with Gasteiger partial charge in [0.1, 0.15) is 6.04 Å². The molecule has 4 nitrogen and oxygen atoms in total. The van der Waals surface area contributed by atoms with Gasteiger partial charge in [0.05, 0.1) is 0 Å². The highest BCUT2D eigenvalue weighted by molar-refractivity contribution is 6.30. The van der Waals surface area contributed by atoms with E-state index in [0.29, 0.717) is 23.9 Å². The summed E-state index contributed by atoms with van der Waals surface area (Å²) in [5.41, 5.74) is 1.07. The summed E-state index contributed by atoms with van der Waals surface area (Å²) in [4.78, 5) is 25.7. The van der Waals surface area contributed by atoms with Crippen molar-refractivity contribution in [1.29, 1.82) is 0 Å². The molecule has 1 amide bonds. The minimum atomic E-state index is -0.889. The SMILES string of the molecule is CC1CCN(C(=O)C2CC2c2cccc(Cl)c2)C(C(=O)O)C1. The fourth-order valence-corrected chi connectivity index (χ4v) is 3.62. The molecule has 3 rings (SSSR count). The Bertz CT molecular complexity index is 603. The first-order chi connectivity index (χ1) is 10.5. The fourth-order valence-electron chi connectivity index (χ4n) is 3.43. The highest BCUT2D eigenvalue weighted by Crippen LogP contribution is 2.49. The first kappa shape index (κ1) is 15.3. The van der Waals surface area contributed by atoms with E-state index in [1.165, 1.54) is 0 Å².